The number of benzene rings is 2. The summed E-state index contributed by atoms with van der Waals surface area (Å²) in [6, 6.07) is 18.3. The van der Waals surface area contributed by atoms with Gasteiger partial charge in [0.25, 0.3) is 0 Å². The topological polar surface area (TPSA) is 53.4 Å². The largest absolute Gasteiger partial charge is 0.477 e. The predicted molar refractivity (Wildman–Crippen MR) is 97.8 cm³/mol. The number of thiazole rings is 1. The quantitative estimate of drug-likeness (QED) is 0.746. The number of carbonyl (C=O) groups is 1. The van der Waals surface area contributed by atoms with Gasteiger partial charge in [0, 0.05) is 24.8 Å². The minimum absolute atomic E-state index is 0.303. The fourth-order valence-corrected chi connectivity index (χ4v) is 3.47. The van der Waals surface area contributed by atoms with Crippen LogP contribution in [-0.4, -0.2) is 23.1 Å². The van der Waals surface area contributed by atoms with Crippen molar-refractivity contribution >= 4 is 23.0 Å². The van der Waals surface area contributed by atoms with E-state index in [-0.39, 0.29) is 0 Å². The third-order valence-corrected chi connectivity index (χ3v) is 4.98. The molecule has 3 rings (SSSR count). The van der Waals surface area contributed by atoms with Gasteiger partial charge in [-0.25, -0.2) is 9.78 Å². The van der Waals surface area contributed by atoms with Gasteiger partial charge in [-0.05, 0) is 30.7 Å². The molecule has 122 valence electrons. The summed E-state index contributed by atoms with van der Waals surface area (Å²) in [5.41, 5.74) is 3.83. The van der Waals surface area contributed by atoms with Gasteiger partial charge in [0.05, 0.1) is 5.69 Å². The molecule has 0 amide bonds. The number of anilines is 1. The van der Waals surface area contributed by atoms with E-state index in [1.807, 2.05) is 30.3 Å². The summed E-state index contributed by atoms with van der Waals surface area (Å²) in [5.74, 6) is -0.920. The molecule has 0 saturated heterocycles. The molecule has 24 heavy (non-hydrogen) atoms. The first kappa shape index (κ1) is 16.2. The number of nitrogens with zero attached hydrogens (tertiary/aromatic N) is 2. The van der Waals surface area contributed by atoms with Crippen molar-refractivity contribution < 1.29 is 9.90 Å². The van der Waals surface area contributed by atoms with E-state index in [0.29, 0.717) is 10.6 Å². The maximum atomic E-state index is 11.2. The highest BCUT2D eigenvalue weighted by Crippen LogP contribution is 2.29. The van der Waals surface area contributed by atoms with Crippen LogP contribution in [0.15, 0.2) is 54.6 Å². The Balaban J connectivity index is 1.84. The van der Waals surface area contributed by atoms with Crippen molar-refractivity contribution in [2.75, 3.05) is 11.9 Å². The summed E-state index contributed by atoms with van der Waals surface area (Å²) in [5, 5.41) is 9.93. The molecule has 0 radical (unpaired) electrons. The van der Waals surface area contributed by atoms with Crippen LogP contribution in [0.1, 0.15) is 20.9 Å². The van der Waals surface area contributed by atoms with Crippen molar-refractivity contribution in [3.8, 4) is 10.6 Å². The Morgan fingerprint density at radius 2 is 1.92 bits per heavy atom. The zero-order chi connectivity index (χ0) is 17.1. The van der Waals surface area contributed by atoms with E-state index in [0.717, 1.165) is 28.4 Å². The number of carboxylic acids is 1. The Hall–Kier alpha value is -2.66. The van der Waals surface area contributed by atoms with Crippen LogP contribution in [0.4, 0.5) is 5.69 Å². The lowest BCUT2D eigenvalue weighted by atomic mass is 10.1. The van der Waals surface area contributed by atoms with Gasteiger partial charge in [0.15, 0.2) is 0 Å². The second-order valence-electron chi connectivity index (χ2n) is 5.63. The highest BCUT2D eigenvalue weighted by atomic mass is 32.1. The molecular weight excluding hydrogens is 320 g/mol. The van der Waals surface area contributed by atoms with E-state index in [2.05, 4.69) is 41.2 Å². The Labute approximate surface area is 145 Å². The second kappa shape index (κ2) is 6.84. The van der Waals surface area contributed by atoms with Crippen LogP contribution in [-0.2, 0) is 6.54 Å². The van der Waals surface area contributed by atoms with Gasteiger partial charge in [-0.1, -0.05) is 36.4 Å². The SMILES string of the molecule is Cc1nc(-c2cccc(CN(C)c3ccccc3)c2)sc1C(=O)O. The zero-order valence-corrected chi connectivity index (χ0v) is 14.4. The van der Waals surface area contributed by atoms with Gasteiger partial charge >= 0.3 is 5.97 Å². The van der Waals surface area contributed by atoms with E-state index < -0.39 is 5.97 Å². The maximum Gasteiger partial charge on any atom is 0.347 e. The molecule has 0 aliphatic carbocycles. The summed E-state index contributed by atoms with van der Waals surface area (Å²) in [6.45, 7) is 2.50. The monoisotopic (exact) mass is 338 g/mol. The number of aryl methyl sites for hydroxylation is 1. The minimum atomic E-state index is -0.920. The summed E-state index contributed by atoms with van der Waals surface area (Å²) in [6.07, 6.45) is 0. The Bertz CT molecular complexity index is 859. The normalized spacial score (nSPS) is 10.6. The van der Waals surface area contributed by atoms with Gasteiger partial charge in [-0.3, -0.25) is 0 Å². The molecule has 2 aromatic carbocycles. The lowest BCUT2D eigenvalue weighted by molar-refractivity contribution is 0.0701. The number of rotatable bonds is 5. The molecule has 0 spiro atoms. The molecule has 0 unspecified atom stereocenters. The summed E-state index contributed by atoms with van der Waals surface area (Å²) in [4.78, 5) is 18.1. The van der Waals surface area contributed by atoms with Crippen molar-refractivity contribution in [3.63, 3.8) is 0 Å². The average molecular weight is 338 g/mol. The van der Waals surface area contributed by atoms with E-state index in [1.165, 1.54) is 11.3 Å². The van der Waals surface area contributed by atoms with Crippen LogP contribution in [0.25, 0.3) is 10.6 Å². The molecule has 1 heterocycles. The molecule has 0 atom stereocenters. The van der Waals surface area contributed by atoms with Crippen LogP contribution in [0.3, 0.4) is 0 Å². The van der Waals surface area contributed by atoms with Gasteiger partial charge < -0.3 is 10.0 Å². The van der Waals surface area contributed by atoms with Crippen molar-refractivity contribution in [1.82, 2.24) is 4.98 Å². The van der Waals surface area contributed by atoms with Crippen molar-refractivity contribution in [3.05, 3.63) is 70.7 Å². The average Bonchev–Trinajstić information content (AvgIpc) is 2.98. The molecule has 5 heteroatoms. The van der Waals surface area contributed by atoms with E-state index in [1.54, 1.807) is 6.92 Å². The fourth-order valence-electron chi connectivity index (χ4n) is 2.57. The van der Waals surface area contributed by atoms with Crippen molar-refractivity contribution in [2.45, 2.75) is 13.5 Å². The number of carboxylic acid groups (broad SMARTS) is 1. The van der Waals surface area contributed by atoms with Crippen molar-refractivity contribution in [2.24, 2.45) is 0 Å². The van der Waals surface area contributed by atoms with E-state index in [4.69, 9.17) is 0 Å². The second-order valence-corrected chi connectivity index (χ2v) is 6.63. The Kier molecular flexibility index (Phi) is 4.62. The van der Waals surface area contributed by atoms with Crippen LogP contribution >= 0.6 is 11.3 Å². The first-order chi connectivity index (χ1) is 11.5. The van der Waals surface area contributed by atoms with Gasteiger partial charge in [-0.15, -0.1) is 11.3 Å². The molecule has 0 fully saturated rings. The van der Waals surface area contributed by atoms with Crippen LogP contribution in [0.2, 0.25) is 0 Å². The predicted octanol–water partition coefficient (Wildman–Crippen LogP) is 4.45. The molecule has 0 aliphatic rings. The molecule has 3 aromatic rings. The number of hydrogen-bond donors (Lipinski definition) is 1. The molecule has 0 saturated carbocycles. The van der Waals surface area contributed by atoms with Gasteiger partial charge in [0.1, 0.15) is 9.88 Å². The lowest BCUT2D eigenvalue weighted by Gasteiger charge is -2.19. The number of hydrogen-bond acceptors (Lipinski definition) is 4. The third kappa shape index (κ3) is 3.46. The molecule has 1 aromatic heterocycles. The Morgan fingerprint density at radius 1 is 1.17 bits per heavy atom. The van der Waals surface area contributed by atoms with E-state index >= 15 is 0 Å². The number of aromatic carboxylic acids is 1. The lowest BCUT2D eigenvalue weighted by Crippen LogP contribution is -2.16. The van der Waals surface area contributed by atoms with E-state index in [9.17, 15) is 9.90 Å². The molecule has 0 aliphatic heterocycles. The minimum Gasteiger partial charge on any atom is -0.477 e. The van der Waals surface area contributed by atoms with Crippen LogP contribution in [0.5, 0.6) is 0 Å². The zero-order valence-electron chi connectivity index (χ0n) is 13.6. The fraction of sp³-hybridized carbons (Fsp3) is 0.158. The number of aromatic nitrogens is 1. The van der Waals surface area contributed by atoms with Gasteiger partial charge in [0.2, 0.25) is 0 Å². The first-order valence-corrected chi connectivity index (χ1v) is 8.42. The first-order valence-electron chi connectivity index (χ1n) is 7.61. The van der Waals surface area contributed by atoms with Crippen molar-refractivity contribution in [1.29, 1.82) is 0 Å². The molecule has 0 bridgehead atoms. The number of para-hydroxylation sites is 1. The van der Waals surface area contributed by atoms with Crippen LogP contribution in [0, 0.1) is 6.92 Å². The van der Waals surface area contributed by atoms with Gasteiger partial charge in [-0.2, -0.15) is 0 Å². The summed E-state index contributed by atoms with van der Waals surface area (Å²) >= 11 is 1.22. The molecule has 4 nitrogen and oxygen atoms in total. The summed E-state index contributed by atoms with van der Waals surface area (Å²) in [7, 11) is 2.05. The van der Waals surface area contributed by atoms with Crippen LogP contribution < -0.4 is 4.90 Å². The summed E-state index contributed by atoms with van der Waals surface area (Å²) < 4.78 is 0. The molecule has 1 N–H and O–H groups in total. The maximum absolute atomic E-state index is 11.2. The third-order valence-electron chi connectivity index (χ3n) is 3.78. The molecular formula is C19H18N2O2S. The Morgan fingerprint density at radius 3 is 2.58 bits per heavy atom. The highest BCUT2D eigenvalue weighted by molar-refractivity contribution is 7.17. The standard InChI is InChI=1S/C19H18N2O2S/c1-13-17(19(22)23)24-18(20-13)15-8-6-7-14(11-15)12-21(2)16-9-4-3-5-10-16/h3-11H,12H2,1-2H3,(H,22,23). The highest BCUT2D eigenvalue weighted by Gasteiger charge is 2.15. The smallest absolute Gasteiger partial charge is 0.347 e.